The van der Waals surface area contributed by atoms with Gasteiger partial charge in [0.1, 0.15) is 0 Å². The van der Waals surface area contributed by atoms with Gasteiger partial charge in [0.15, 0.2) is 0 Å². The van der Waals surface area contributed by atoms with Crippen molar-refractivity contribution >= 4 is 11.6 Å². The fourth-order valence-corrected chi connectivity index (χ4v) is 3.11. The van der Waals surface area contributed by atoms with E-state index >= 15 is 0 Å². The van der Waals surface area contributed by atoms with E-state index in [-0.39, 0.29) is 11.9 Å². The molecule has 0 spiro atoms. The smallest absolute Gasteiger partial charge is 0.237 e. The molecule has 1 aromatic carbocycles. The van der Waals surface area contributed by atoms with E-state index in [0.29, 0.717) is 13.2 Å². The lowest BCUT2D eigenvalue weighted by Gasteiger charge is -2.26. The van der Waals surface area contributed by atoms with Crippen LogP contribution in [0.15, 0.2) is 24.3 Å². The lowest BCUT2D eigenvalue weighted by atomic mass is 10.1. The fraction of sp³-hybridized carbons (Fsp3) is 0.632. The van der Waals surface area contributed by atoms with Crippen molar-refractivity contribution in [2.45, 2.75) is 45.2 Å². The molecule has 0 saturated carbocycles. The molecule has 1 heterocycles. The minimum Gasteiger partial charge on any atom is -0.383 e. The number of methoxy groups -OCH3 is 1. The molecule has 1 aliphatic heterocycles. The van der Waals surface area contributed by atoms with E-state index in [9.17, 15) is 4.79 Å². The first-order valence-electron chi connectivity index (χ1n) is 9.05. The summed E-state index contributed by atoms with van der Waals surface area (Å²) >= 11 is 0. The Morgan fingerprint density at radius 1 is 1.21 bits per heavy atom. The Morgan fingerprint density at radius 3 is 2.62 bits per heavy atom. The van der Waals surface area contributed by atoms with Crippen LogP contribution in [0.5, 0.6) is 0 Å². The maximum absolute atomic E-state index is 12.5. The molecule has 1 saturated heterocycles. The number of ether oxygens (including phenoxy) is 1. The van der Waals surface area contributed by atoms with Crippen LogP contribution >= 0.6 is 0 Å². The summed E-state index contributed by atoms with van der Waals surface area (Å²) in [6.07, 6.45) is 4.96. The van der Waals surface area contributed by atoms with Crippen LogP contribution in [0.25, 0.3) is 0 Å². The van der Waals surface area contributed by atoms with Crippen LogP contribution in [0.3, 0.4) is 0 Å². The summed E-state index contributed by atoms with van der Waals surface area (Å²) in [6.45, 7) is 6.04. The van der Waals surface area contributed by atoms with Crippen LogP contribution in [0, 0.1) is 0 Å². The number of anilines is 1. The Labute approximate surface area is 145 Å². The number of para-hydroxylation sites is 1. The molecule has 134 valence electrons. The van der Waals surface area contributed by atoms with Gasteiger partial charge in [-0.25, -0.2) is 0 Å². The molecule has 0 aromatic heterocycles. The van der Waals surface area contributed by atoms with Crippen LogP contribution in [0.1, 0.15) is 38.2 Å². The minimum absolute atomic E-state index is 0.0586. The normalized spacial score (nSPS) is 17.1. The van der Waals surface area contributed by atoms with Gasteiger partial charge in [0.25, 0.3) is 0 Å². The van der Waals surface area contributed by atoms with Gasteiger partial charge in [-0.3, -0.25) is 9.69 Å². The number of carbonyl (C=O) groups is 1. The second kappa shape index (κ2) is 10.3. The summed E-state index contributed by atoms with van der Waals surface area (Å²) in [5.41, 5.74) is 2.15. The number of hydrogen-bond donors (Lipinski definition) is 2. The number of nitrogens with zero attached hydrogens (tertiary/aromatic N) is 1. The molecular formula is C19H31N3O2. The zero-order valence-electron chi connectivity index (χ0n) is 15.0. The molecule has 1 amide bonds. The van der Waals surface area contributed by atoms with E-state index in [1.165, 1.54) is 25.7 Å². The van der Waals surface area contributed by atoms with Crippen LogP contribution in [-0.2, 0) is 16.1 Å². The van der Waals surface area contributed by atoms with Crippen LogP contribution in [0.4, 0.5) is 5.69 Å². The van der Waals surface area contributed by atoms with E-state index in [2.05, 4.69) is 15.5 Å². The summed E-state index contributed by atoms with van der Waals surface area (Å²) in [4.78, 5) is 14.8. The zero-order chi connectivity index (χ0) is 17.2. The molecule has 2 N–H and O–H groups in total. The van der Waals surface area contributed by atoms with Crippen molar-refractivity contribution in [3.8, 4) is 0 Å². The number of hydrogen-bond acceptors (Lipinski definition) is 4. The first kappa shape index (κ1) is 18.7. The van der Waals surface area contributed by atoms with E-state index < -0.39 is 0 Å². The number of carbonyl (C=O) groups excluding carboxylic acids is 1. The Morgan fingerprint density at radius 2 is 1.92 bits per heavy atom. The molecule has 0 aliphatic carbocycles. The van der Waals surface area contributed by atoms with Crippen molar-refractivity contribution in [1.29, 1.82) is 0 Å². The van der Waals surface area contributed by atoms with Crippen LogP contribution in [0.2, 0.25) is 0 Å². The number of nitrogens with one attached hydrogen (secondary N) is 2. The average Bonchev–Trinajstić information content (AvgIpc) is 2.89. The number of amides is 1. The Bertz CT molecular complexity index is 499. The third-order valence-corrected chi connectivity index (χ3v) is 4.66. The molecule has 5 heteroatoms. The standard InChI is InChI=1S/C19H31N3O2/c1-16(22-12-7-3-4-8-13-22)19(23)21-15-17-9-5-6-10-18(17)20-11-14-24-2/h5-6,9-10,16,20H,3-4,7-8,11-15H2,1-2H3,(H,21,23)/t16-/m0/s1. The van der Waals surface area contributed by atoms with Gasteiger partial charge in [-0.1, -0.05) is 31.0 Å². The highest BCUT2D eigenvalue weighted by molar-refractivity contribution is 5.81. The third kappa shape index (κ3) is 5.80. The van der Waals surface area contributed by atoms with Crippen LogP contribution < -0.4 is 10.6 Å². The number of rotatable bonds is 8. The fourth-order valence-electron chi connectivity index (χ4n) is 3.11. The van der Waals surface area contributed by atoms with Crippen molar-refractivity contribution in [2.75, 3.05) is 38.7 Å². The number of likely N-dealkylation sites (tertiary alicyclic amines) is 1. The molecule has 1 aliphatic rings. The Balaban J connectivity index is 1.86. The molecule has 2 rings (SSSR count). The lowest BCUT2D eigenvalue weighted by molar-refractivity contribution is -0.126. The SMILES string of the molecule is COCCNc1ccccc1CNC(=O)[C@H](C)N1CCCCCC1. The monoisotopic (exact) mass is 333 g/mol. The van der Waals surface area contributed by atoms with Gasteiger partial charge in [0.2, 0.25) is 5.91 Å². The third-order valence-electron chi connectivity index (χ3n) is 4.66. The predicted octanol–water partition coefficient (Wildman–Crippen LogP) is 2.63. The second-order valence-corrected chi connectivity index (χ2v) is 6.42. The van der Waals surface area contributed by atoms with E-state index in [4.69, 9.17) is 4.74 Å². The summed E-state index contributed by atoms with van der Waals surface area (Å²) in [7, 11) is 1.69. The molecule has 24 heavy (non-hydrogen) atoms. The highest BCUT2D eigenvalue weighted by atomic mass is 16.5. The largest absolute Gasteiger partial charge is 0.383 e. The second-order valence-electron chi connectivity index (χ2n) is 6.42. The molecule has 0 bridgehead atoms. The summed E-state index contributed by atoms with van der Waals surface area (Å²) < 4.78 is 5.07. The Kier molecular flexibility index (Phi) is 8.05. The van der Waals surface area contributed by atoms with Gasteiger partial charge in [0, 0.05) is 25.9 Å². The molecule has 1 fully saturated rings. The molecule has 1 atom stereocenters. The first-order chi connectivity index (χ1) is 11.7. The highest BCUT2D eigenvalue weighted by Gasteiger charge is 2.21. The molecule has 0 unspecified atom stereocenters. The van der Waals surface area contributed by atoms with E-state index in [1.807, 2.05) is 31.2 Å². The predicted molar refractivity (Wildman–Crippen MR) is 98.2 cm³/mol. The van der Waals surface area contributed by atoms with Crippen LogP contribution in [-0.4, -0.2) is 50.2 Å². The molecule has 5 nitrogen and oxygen atoms in total. The summed E-state index contributed by atoms with van der Waals surface area (Å²) in [6, 6.07) is 8.03. The minimum atomic E-state index is -0.0586. The van der Waals surface area contributed by atoms with Gasteiger partial charge in [-0.2, -0.15) is 0 Å². The van der Waals surface area contributed by atoms with Crippen molar-refractivity contribution in [3.05, 3.63) is 29.8 Å². The zero-order valence-corrected chi connectivity index (χ0v) is 15.0. The van der Waals surface area contributed by atoms with Gasteiger partial charge < -0.3 is 15.4 Å². The van der Waals surface area contributed by atoms with Crippen molar-refractivity contribution < 1.29 is 9.53 Å². The van der Waals surface area contributed by atoms with Gasteiger partial charge >= 0.3 is 0 Å². The average molecular weight is 333 g/mol. The van der Waals surface area contributed by atoms with Gasteiger partial charge in [0.05, 0.1) is 12.6 Å². The van der Waals surface area contributed by atoms with E-state index in [0.717, 1.165) is 30.9 Å². The van der Waals surface area contributed by atoms with Crippen molar-refractivity contribution in [1.82, 2.24) is 10.2 Å². The highest BCUT2D eigenvalue weighted by Crippen LogP contribution is 2.15. The molecule has 0 radical (unpaired) electrons. The molecule has 1 aromatic rings. The van der Waals surface area contributed by atoms with Crippen molar-refractivity contribution in [2.24, 2.45) is 0 Å². The van der Waals surface area contributed by atoms with Gasteiger partial charge in [-0.15, -0.1) is 0 Å². The quantitative estimate of drug-likeness (QED) is 0.718. The Hall–Kier alpha value is -1.59. The lowest BCUT2D eigenvalue weighted by Crippen LogP contribution is -2.45. The summed E-state index contributed by atoms with van der Waals surface area (Å²) in [5.74, 6) is 0.114. The van der Waals surface area contributed by atoms with Gasteiger partial charge in [-0.05, 0) is 44.5 Å². The molecular weight excluding hydrogens is 302 g/mol. The maximum Gasteiger partial charge on any atom is 0.237 e. The van der Waals surface area contributed by atoms with E-state index in [1.54, 1.807) is 7.11 Å². The topological polar surface area (TPSA) is 53.6 Å². The number of benzene rings is 1. The summed E-state index contributed by atoms with van der Waals surface area (Å²) in [5, 5.41) is 6.45. The maximum atomic E-state index is 12.5. The van der Waals surface area contributed by atoms with Crippen molar-refractivity contribution in [3.63, 3.8) is 0 Å². The first-order valence-corrected chi connectivity index (χ1v) is 9.05.